The van der Waals surface area contributed by atoms with E-state index in [-0.39, 0.29) is 5.91 Å². The Morgan fingerprint density at radius 1 is 1.43 bits per heavy atom. The predicted octanol–water partition coefficient (Wildman–Crippen LogP) is 2.51. The molecule has 1 atom stereocenters. The summed E-state index contributed by atoms with van der Waals surface area (Å²) in [6.45, 7) is 5.55. The molecule has 0 radical (unpaired) electrons. The molecule has 0 aromatic carbocycles. The van der Waals surface area contributed by atoms with E-state index in [1.165, 1.54) is 4.88 Å². The molecule has 1 unspecified atom stereocenters. The average molecular weight is 304 g/mol. The maximum atomic E-state index is 12.7. The van der Waals surface area contributed by atoms with Gasteiger partial charge in [-0.25, -0.2) is 4.98 Å². The molecule has 1 amide bonds. The highest BCUT2D eigenvalue weighted by molar-refractivity contribution is 7.11. The van der Waals surface area contributed by atoms with Crippen molar-refractivity contribution in [3.63, 3.8) is 0 Å². The van der Waals surface area contributed by atoms with Gasteiger partial charge in [-0.1, -0.05) is 0 Å². The van der Waals surface area contributed by atoms with Crippen molar-refractivity contribution < 1.29 is 4.79 Å². The Morgan fingerprint density at radius 3 is 2.86 bits per heavy atom. The molecule has 1 aliphatic heterocycles. The summed E-state index contributed by atoms with van der Waals surface area (Å²) in [5.41, 5.74) is 1.52. The smallest absolute Gasteiger partial charge is 0.257 e. The van der Waals surface area contributed by atoms with Crippen LogP contribution in [0.3, 0.4) is 0 Å². The summed E-state index contributed by atoms with van der Waals surface area (Å²) in [5.74, 6) is 0.469. The van der Waals surface area contributed by atoms with Crippen molar-refractivity contribution in [2.24, 2.45) is 7.05 Å². The second-order valence-electron chi connectivity index (χ2n) is 5.70. The van der Waals surface area contributed by atoms with E-state index < -0.39 is 0 Å². The fourth-order valence-electron chi connectivity index (χ4n) is 2.90. The van der Waals surface area contributed by atoms with E-state index in [0.717, 1.165) is 36.6 Å². The standard InChI is InChI=1S/C15H20N4OS/c1-10-7-16-14(21-10)12-5-4-6-19(8-12)15(20)13-9-18(3)17-11(13)2/h7,9,12H,4-6,8H2,1-3H3. The first-order chi connectivity index (χ1) is 10.0. The molecule has 0 aliphatic carbocycles. The molecule has 1 fully saturated rings. The van der Waals surface area contributed by atoms with Crippen LogP contribution < -0.4 is 0 Å². The quantitative estimate of drug-likeness (QED) is 0.856. The molecule has 3 rings (SSSR count). The number of hydrogen-bond acceptors (Lipinski definition) is 4. The molecule has 0 bridgehead atoms. The first kappa shape index (κ1) is 14.3. The Kier molecular flexibility index (Phi) is 3.80. The van der Waals surface area contributed by atoms with Gasteiger partial charge in [-0.05, 0) is 26.7 Å². The van der Waals surface area contributed by atoms with Gasteiger partial charge in [0.1, 0.15) is 0 Å². The van der Waals surface area contributed by atoms with E-state index in [0.29, 0.717) is 11.5 Å². The summed E-state index contributed by atoms with van der Waals surface area (Å²) in [4.78, 5) is 20.3. The second kappa shape index (κ2) is 5.60. The fraction of sp³-hybridized carbons (Fsp3) is 0.533. The zero-order valence-electron chi connectivity index (χ0n) is 12.7. The van der Waals surface area contributed by atoms with Gasteiger partial charge in [0.2, 0.25) is 0 Å². The Hall–Kier alpha value is -1.69. The van der Waals surface area contributed by atoms with Crippen molar-refractivity contribution in [1.29, 1.82) is 0 Å². The summed E-state index contributed by atoms with van der Waals surface area (Å²) in [7, 11) is 1.85. The number of carbonyl (C=O) groups is 1. The highest BCUT2D eigenvalue weighted by Crippen LogP contribution is 2.30. The maximum absolute atomic E-state index is 12.7. The number of aryl methyl sites for hydroxylation is 3. The number of likely N-dealkylation sites (tertiary alicyclic amines) is 1. The van der Waals surface area contributed by atoms with E-state index >= 15 is 0 Å². The van der Waals surface area contributed by atoms with Crippen molar-refractivity contribution in [3.8, 4) is 0 Å². The van der Waals surface area contributed by atoms with Crippen LogP contribution in [0.1, 0.15) is 44.7 Å². The van der Waals surface area contributed by atoms with Crippen LogP contribution in [0, 0.1) is 13.8 Å². The highest BCUT2D eigenvalue weighted by Gasteiger charge is 2.28. The van der Waals surface area contributed by atoms with Crippen molar-refractivity contribution in [3.05, 3.63) is 33.5 Å². The summed E-state index contributed by atoms with van der Waals surface area (Å²) in [6, 6.07) is 0. The monoisotopic (exact) mass is 304 g/mol. The number of aromatic nitrogens is 3. The zero-order valence-corrected chi connectivity index (χ0v) is 13.5. The van der Waals surface area contributed by atoms with Crippen LogP contribution in [0.4, 0.5) is 0 Å². The topological polar surface area (TPSA) is 51.0 Å². The molecule has 0 spiro atoms. The molecule has 1 aliphatic rings. The van der Waals surface area contributed by atoms with Gasteiger partial charge in [-0.3, -0.25) is 9.48 Å². The zero-order chi connectivity index (χ0) is 15.0. The SMILES string of the molecule is Cc1cnc(C2CCCN(C(=O)c3cn(C)nc3C)C2)s1. The number of rotatable bonds is 2. The number of nitrogens with zero attached hydrogens (tertiary/aromatic N) is 4. The molecule has 2 aromatic rings. The van der Waals surface area contributed by atoms with Crippen molar-refractivity contribution in [2.75, 3.05) is 13.1 Å². The lowest BCUT2D eigenvalue weighted by atomic mass is 9.98. The van der Waals surface area contributed by atoms with E-state index in [1.54, 1.807) is 16.0 Å². The molecule has 0 N–H and O–H groups in total. The Bertz CT molecular complexity index is 660. The predicted molar refractivity (Wildman–Crippen MR) is 82.7 cm³/mol. The van der Waals surface area contributed by atoms with Crippen LogP contribution in [-0.2, 0) is 7.05 Å². The first-order valence-electron chi connectivity index (χ1n) is 7.26. The van der Waals surface area contributed by atoms with E-state index in [2.05, 4.69) is 17.0 Å². The Labute approximate surface area is 128 Å². The number of amides is 1. The molecule has 2 aromatic heterocycles. The van der Waals surface area contributed by atoms with Crippen molar-refractivity contribution in [1.82, 2.24) is 19.7 Å². The Balaban J connectivity index is 1.77. The summed E-state index contributed by atoms with van der Waals surface area (Å²) in [6.07, 6.45) is 5.89. The molecule has 21 heavy (non-hydrogen) atoms. The molecule has 6 heteroatoms. The largest absolute Gasteiger partial charge is 0.338 e. The summed E-state index contributed by atoms with van der Waals surface area (Å²) in [5, 5.41) is 5.43. The molecular weight excluding hydrogens is 284 g/mol. The van der Waals surface area contributed by atoms with Gasteiger partial charge in [-0.2, -0.15) is 5.10 Å². The minimum atomic E-state index is 0.0959. The minimum Gasteiger partial charge on any atom is -0.338 e. The number of piperidine rings is 1. The second-order valence-corrected chi connectivity index (χ2v) is 6.97. The van der Waals surface area contributed by atoms with Gasteiger partial charge < -0.3 is 4.90 Å². The van der Waals surface area contributed by atoms with Gasteiger partial charge in [0.25, 0.3) is 5.91 Å². The van der Waals surface area contributed by atoms with Gasteiger partial charge in [0.15, 0.2) is 0 Å². The third kappa shape index (κ3) is 2.85. The minimum absolute atomic E-state index is 0.0959. The van der Waals surface area contributed by atoms with Crippen LogP contribution in [0.5, 0.6) is 0 Å². The van der Waals surface area contributed by atoms with Crippen LogP contribution in [0.25, 0.3) is 0 Å². The Morgan fingerprint density at radius 2 is 2.24 bits per heavy atom. The lowest BCUT2D eigenvalue weighted by Crippen LogP contribution is -2.39. The van der Waals surface area contributed by atoms with Crippen molar-refractivity contribution >= 4 is 17.2 Å². The fourth-order valence-corrected chi connectivity index (χ4v) is 3.80. The third-order valence-corrected chi connectivity index (χ3v) is 5.02. The van der Waals surface area contributed by atoms with Gasteiger partial charge in [-0.15, -0.1) is 11.3 Å². The summed E-state index contributed by atoms with van der Waals surface area (Å²) < 4.78 is 1.70. The van der Waals surface area contributed by atoms with Gasteiger partial charge in [0, 0.05) is 43.3 Å². The van der Waals surface area contributed by atoms with E-state index in [1.807, 2.05) is 31.3 Å². The number of thiazole rings is 1. The maximum Gasteiger partial charge on any atom is 0.257 e. The van der Waals surface area contributed by atoms with Crippen LogP contribution >= 0.6 is 11.3 Å². The van der Waals surface area contributed by atoms with E-state index in [4.69, 9.17) is 0 Å². The first-order valence-corrected chi connectivity index (χ1v) is 8.08. The molecular formula is C15H20N4OS. The van der Waals surface area contributed by atoms with E-state index in [9.17, 15) is 4.79 Å². The highest BCUT2D eigenvalue weighted by atomic mass is 32.1. The normalized spacial score (nSPS) is 19.0. The van der Waals surface area contributed by atoms with Crippen LogP contribution in [-0.4, -0.2) is 38.7 Å². The molecule has 5 nitrogen and oxygen atoms in total. The number of hydrogen-bond donors (Lipinski definition) is 0. The molecule has 3 heterocycles. The molecule has 1 saturated heterocycles. The lowest BCUT2D eigenvalue weighted by Gasteiger charge is -2.31. The summed E-state index contributed by atoms with van der Waals surface area (Å²) >= 11 is 1.75. The van der Waals surface area contributed by atoms with Gasteiger partial charge >= 0.3 is 0 Å². The van der Waals surface area contributed by atoms with Gasteiger partial charge in [0.05, 0.1) is 16.3 Å². The molecule has 0 saturated carbocycles. The van der Waals surface area contributed by atoms with Crippen LogP contribution in [0.15, 0.2) is 12.4 Å². The molecule has 112 valence electrons. The van der Waals surface area contributed by atoms with Crippen molar-refractivity contribution in [2.45, 2.75) is 32.6 Å². The lowest BCUT2D eigenvalue weighted by molar-refractivity contribution is 0.0706. The third-order valence-electron chi connectivity index (χ3n) is 3.94. The average Bonchev–Trinajstić information content (AvgIpc) is 3.04. The number of carbonyl (C=O) groups excluding carboxylic acids is 1. The van der Waals surface area contributed by atoms with Crippen LogP contribution in [0.2, 0.25) is 0 Å².